The highest BCUT2D eigenvalue weighted by Crippen LogP contribution is 2.57. The van der Waals surface area contributed by atoms with Crippen LogP contribution in [0.1, 0.15) is 18.1 Å². The lowest BCUT2D eigenvalue weighted by Gasteiger charge is -2.37. The molecule has 0 radical (unpaired) electrons. The second-order valence-electron chi connectivity index (χ2n) is 7.18. The summed E-state index contributed by atoms with van der Waals surface area (Å²) in [4.78, 5) is 2.13. The first-order valence-electron chi connectivity index (χ1n) is 8.72. The Hall–Kier alpha value is -2.05. The second-order valence-corrected chi connectivity index (χ2v) is 9.98. The molecule has 2 heterocycles. The van der Waals surface area contributed by atoms with Crippen LogP contribution in [-0.2, 0) is 15.4 Å². The first-order valence-corrected chi connectivity index (χ1v) is 11.4. The third-order valence-corrected chi connectivity index (χ3v) is 7.05. The van der Waals surface area contributed by atoms with Gasteiger partial charge in [-0.2, -0.15) is 0 Å². The van der Waals surface area contributed by atoms with Gasteiger partial charge in [0.1, 0.15) is 6.17 Å². The summed E-state index contributed by atoms with van der Waals surface area (Å²) in [6, 6.07) is 16.2. The number of halogens is 1. The molecule has 0 unspecified atom stereocenters. The Morgan fingerprint density at radius 2 is 1.93 bits per heavy atom. The molecule has 0 bridgehead atoms. The number of sulfonamides is 1. The van der Waals surface area contributed by atoms with Gasteiger partial charge in [0.25, 0.3) is 0 Å². The van der Waals surface area contributed by atoms with E-state index in [-0.39, 0.29) is 6.17 Å². The van der Waals surface area contributed by atoms with Crippen LogP contribution in [0.25, 0.3) is 5.57 Å². The Kier molecular flexibility index (Phi) is 4.24. The predicted octanol–water partition coefficient (Wildman–Crippen LogP) is 4.36. The largest absolute Gasteiger partial charge is 0.345 e. The van der Waals surface area contributed by atoms with Gasteiger partial charge in [0, 0.05) is 22.9 Å². The van der Waals surface area contributed by atoms with Crippen molar-refractivity contribution in [2.45, 2.75) is 18.5 Å². The molecule has 4 nitrogen and oxygen atoms in total. The maximum absolute atomic E-state index is 12.7. The summed E-state index contributed by atoms with van der Waals surface area (Å²) in [5.41, 5.74) is 3.70. The van der Waals surface area contributed by atoms with Crippen LogP contribution < -0.4 is 4.90 Å². The van der Waals surface area contributed by atoms with Crippen molar-refractivity contribution in [2.75, 3.05) is 17.7 Å². The molecule has 0 spiro atoms. The molecule has 2 aliphatic heterocycles. The van der Waals surface area contributed by atoms with Gasteiger partial charge in [-0.05, 0) is 41.8 Å². The highest BCUT2D eigenvalue weighted by atomic mass is 79.9. The van der Waals surface area contributed by atoms with E-state index in [4.69, 9.17) is 0 Å². The van der Waals surface area contributed by atoms with Gasteiger partial charge in [-0.15, -0.1) is 6.58 Å². The van der Waals surface area contributed by atoms with Crippen molar-refractivity contribution in [1.29, 1.82) is 0 Å². The SMILES string of the molecule is C=CCN1c2ccc(Br)cc2[C@]2(C)C(c3ccccc3)=CN(S(C)(=O)=O)[C@H]12. The Balaban J connectivity index is 2.02. The van der Waals surface area contributed by atoms with Crippen LogP contribution in [0.5, 0.6) is 0 Å². The Morgan fingerprint density at radius 3 is 2.56 bits per heavy atom. The molecule has 2 atom stereocenters. The zero-order valence-corrected chi connectivity index (χ0v) is 17.7. The summed E-state index contributed by atoms with van der Waals surface area (Å²) in [6.45, 7) is 6.58. The minimum atomic E-state index is -3.45. The van der Waals surface area contributed by atoms with E-state index in [1.807, 2.05) is 42.5 Å². The summed E-state index contributed by atoms with van der Waals surface area (Å²) in [5.74, 6) is 0. The normalized spacial score (nSPS) is 23.8. The monoisotopic (exact) mass is 444 g/mol. The first-order chi connectivity index (χ1) is 12.8. The van der Waals surface area contributed by atoms with Gasteiger partial charge in [0.15, 0.2) is 0 Å². The van der Waals surface area contributed by atoms with Crippen molar-refractivity contribution < 1.29 is 8.42 Å². The second kappa shape index (κ2) is 6.24. The van der Waals surface area contributed by atoms with Crippen LogP contribution in [-0.4, -0.2) is 31.7 Å². The summed E-state index contributed by atoms with van der Waals surface area (Å²) in [6.07, 6.45) is 4.53. The summed E-state index contributed by atoms with van der Waals surface area (Å²) >= 11 is 3.59. The lowest BCUT2D eigenvalue weighted by atomic mass is 9.75. The molecule has 2 aromatic carbocycles. The van der Waals surface area contributed by atoms with Gasteiger partial charge in [-0.25, -0.2) is 8.42 Å². The van der Waals surface area contributed by atoms with Gasteiger partial charge < -0.3 is 4.90 Å². The number of nitrogens with zero attached hydrogens (tertiary/aromatic N) is 2. The van der Waals surface area contributed by atoms with Crippen molar-refractivity contribution in [2.24, 2.45) is 0 Å². The molecule has 0 aromatic heterocycles. The maximum Gasteiger partial charge on any atom is 0.233 e. The lowest BCUT2D eigenvalue weighted by molar-refractivity contribution is 0.351. The molecule has 0 saturated carbocycles. The minimum Gasteiger partial charge on any atom is -0.345 e. The lowest BCUT2D eigenvalue weighted by Crippen LogP contribution is -2.51. The van der Waals surface area contributed by atoms with Crippen LogP contribution in [0.3, 0.4) is 0 Å². The molecule has 0 fully saturated rings. The fourth-order valence-electron chi connectivity index (χ4n) is 4.37. The molecular weight excluding hydrogens is 424 g/mol. The van der Waals surface area contributed by atoms with Gasteiger partial charge in [-0.3, -0.25) is 4.31 Å². The van der Waals surface area contributed by atoms with Crippen LogP contribution in [0, 0.1) is 0 Å². The highest BCUT2D eigenvalue weighted by molar-refractivity contribution is 9.10. The fourth-order valence-corrected chi connectivity index (χ4v) is 5.72. The number of rotatable bonds is 4. The van der Waals surface area contributed by atoms with Crippen LogP contribution in [0.15, 0.2) is 71.9 Å². The molecule has 0 aliphatic carbocycles. The molecule has 4 rings (SSSR count). The van der Waals surface area contributed by atoms with Gasteiger partial charge >= 0.3 is 0 Å². The van der Waals surface area contributed by atoms with Gasteiger partial charge in [-0.1, -0.05) is 52.3 Å². The molecule has 0 N–H and O–H groups in total. The quantitative estimate of drug-likeness (QED) is 0.657. The molecule has 27 heavy (non-hydrogen) atoms. The van der Waals surface area contributed by atoms with Gasteiger partial charge in [0.05, 0.1) is 11.7 Å². The van der Waals surface area contributed by atoms with Crippen molar-refractivity contribution >= 4 is 37.2 Å². The van der Waals surface area contributed by atoms with Gasteiger partial charge in [0.2, 0.25) is 10.0 Å². The van der Waals surface area contributed by atoms with E-state index in [1.54, 1.807) is 6.20 Å². The number of fused-ring (bicyclic) bond motifs is 3. The van der Waals surface area contributed by atoms with Crippen molar-refractivity contribution in [3.8, 4) is 0 Å². The smallest absolute Gasteiger partial charge is 0.233 e. The third-order valence-electron chi connectivity index (χ3n) is 5.49. The van der Waals surface area contributed by atoms with Crippen molar-refractivity contribution in [1.82, 2.24) is 4.31 Å². The van der Waals surface area contributed by atoms with E-state index >= 15 is 0 Å². The molecule has 2 aromatic rings. The van der Waals surface area contributed by atoms with E-state index in [9.17, 15) is 8.42 Å². The first kappa shape index (κ1) is 18.3. The fraction of sp³-hybridized carbons (Fsp3) is 0.238. The van der Waals surface area contributed by atoms with E-state index in [0.717, 1.165) is 26.9 Å². The molecule has 6 heteroatoms. The average molecular weight is 445 g/mol. The molecule has 0 amide bonds. The van der Waals surface area contributed by atoms with Crippen LogP contribution in [0.4, 0.5) is 5.69 Å². The minimum absolute atomic E-state index is 0.356. The summed E-state index contributed by atoms with van der Waals surface area (Å²) in [5, 5.41) is 0. The molecule has 140 valence electrons. The Bertz CT molecular complexity index is 1050. The Morgan fingerprint density at radius 1 is 1.22 bits per heavy atom. The van der Waals surface area contributed by atoms with Crippen molar-refractivity contribution in [3.63, 3.8) is 0 Å². The maximum atomic E-state index is 12.7. The predicted molar refractivity (Wildman–Crippen MR) is 114 cm³/mol. The van der Waals surface area contributed by atoms with E-state index in [2.05, 4.69) is 46.5 Å². The number of hydrogen-bond donors (Lipinski definition) is 0. The third kappa shape index (κ3) is 2.65. The zero-order valence-electron chi connectivity index (χ0n) is 15.3. The summed E-state index contributed by atoms with van der Waals surface area (Å²) < 4.78 is 27.9. The molecule has 2 aliphatic rings. The highest BCUT2D eigenvalue weighted by Gasteiger charge is 2.57. The topological polar surface area (TPSA) is 40.6 Å². The number of anilines is 1. The standard InChI is InChI=1S/C21H21BrN2O2S/c1-4-12-23-19-11-10-16(22)13-17(19)21(2)18(15-8-6-5-7-9-15)14-24(20(21)23)27(3,25)26/h4-11,13-14,20H,1,12H2,2-3H3/t20-,21+/m0/s1. The zero-order chi connectivity index (χ0) is 19.4. The molecule has 0 saturated heterocycles. The Labute approximate surface area is 169 Å². The van der Waals surface area contributed by atoms with Crippen LogP contribution >= 0.6 is 15.9 Å². The summed E-state index contributed by atoms with van der Waals surface area (Å²) in [7, 11) is -3.45. The van der Waals surface area contributed by atoms with Crippen molar-refractivity contribution in [3.05, 3.63) is 83.0 Å². The van der Waals surface area contributed by atoms with E-state index in [1.165, 1.54) is 10.6 Å². The average Bonchev–Trinajstić information content (AvgIpc) is 3.06. The number of hydrogen-bond acceptors (Lipinski definition) is 3. The molecular formula is C21H21BrN2O2S. The van der Waals surface area contributed by atoms with E-state index in [0.29, 0.717) is 6.54 Å². The van der Waals surface area contributed by atoms with E-state index < -0.39 is 15.4 Å². The number of benzene rings is 2. The van der Waals surface area contributed by atoms with Crippen LogP contribution in [0.2, 0.25) is 0 Å².